The second-order valence-electron chi connectivity index (χ2n) is 10.5. The maximum atomic E-state index is 11.9. The van der Waals surface area contributed by atoms with Crippen LogP contribution in [0.3, 0.4) is 0 Å². The maximum absolute atomic E-state index is 11.9. The summed E-state index contributed by atoms with van der Waals surface area (Å²) in [5.74, 6) is 2.46. The average molecular weight is 549 g/mol. The summed E-state index contributed by atoms with van der Waals surface area (Å²) in [6, 6.07) is 14.4. The first-order chi connectivity index (χ1) is 19.6. The highest BCUT2D eigenvalue weighted by Gasteiger charge is 2.27. The highest BCUT2D eigenvalue weighted by molar-refractivity contribution is 5.95. The molecule has 9 heteroatoms. The van der Waals surface area contributed by atoms with Crippen molar-refractivity contribution in [3.63, 3.8) is 0 Å². The van der Waals surface area contributed by atoms with Crippen molar-refractivity contribution in [1.82, 2.24) is 4.98 Å². The van der Waals surface area contributed by atoms with Gasteiger partial charge in [-0.25, -0.2) is 4.98 Å². The first kappa shape index (κ1) is 27.8. The molecule has 0 unspecified atom stereocenters. The molecule has 1 aromatic heterocycles. The number of rotatable bonds is 9. The SMILES string of the molecule is COC(=O)C1CCC(CNc2cc(Nc3ccc(N4CCCOCC4)cc3)nc3cc(OC)c(OC)cc23)CC1. The van der Waals surface area contributed by atoms with E-state index in [0.29, 0.717) is 17.4 Å². The Morgan fingerprint density at radius 2 is 1.73 bits per heavy atom. The molecule has 2 heterocycles. The summed E-state index contributed by atoms with van der Waals surface area (Å²) in [5, 5.41) is 8.13. The van der Waals surface area contributed by atoms with Crippen molar-refractivity contribution in [2.24, 2.45) is 11.8 Å². The number of hydrogen-bond donors (Lipinski definition) is 2. The second-order valence-corrected chi connectivity index (χ2v) is 10.5. The van der Waals surface area contributed by atoms with Crippen LogP contribution in [0.2, 0.25) is 0 Å². The van der Waals surface area contributed by atoms with E-state index in [1.807, 2.05) is 18.2 Å². The Hall–Kier alpha value is -3.72. The molecule has 1 aliphatic heterocycles. The Kier molecular flexibility index (Phi) is 9.11. The zero-order chi connectivity index (χ0) is 27.9. The Bertz CT molecular complexity index is 1280. The fourth-order valence-electron chi connectivity index (χ4n) is 5.69. The van der Waals surface area contributed by atoms with Crippen molar-refractivity contribution >= 4 is 39.8 Å². The summed E-state index contributed by atoms with van der Waals surface area (Å²) >= 11 is 0. The number of carbonyl (C=O) groups is 1. The van der Waals surface area contributed by atoms with Crippen LogP contribution in [0.4, 0.5) is 22.9 Å². The van der Waals surface area contributed by atoms with Gasteiger partial charge in [0.15, 0.2) is 11.5 Å². The van der Waals surface area contributed by atoms with Gasteiger partial charge in [0.25, 0.3) is 0 Å². The summed E-state index contributed by atoms with van der Waals surface area (Å²) in [5.41, 5.74) is 3.95. The van der Waals surface area contributed by atoms with E-state index in [0.717, 1.165) is 93.0 Å². The van der Waals surface area contributed by atoms with Crippen LogP contribution in [0.15, 0.2) is 42.5 Å². The molecule has 0 bridgehead atoms. The lowest BCUT2D eigenvalue weighted by Gasteiger charge is -2.27. The van der Waals surface area contributed by atoms with Gasteiger partial charge in [0, 0.05) is 60.8 Å². The molecule has 0 amide bonds. The van der Waals surface area contributed by atoms with E-state index in [-0.39, 0.29) is 11.9 Å². The zero-order valence-electron chi connectivity index (χ0n) is 23.7. The number of carbonyl (C=O) groups excluding carboxylic acids is 1. The van der Waals surface area contributed by atoms with Crippen LogP contribution >= 0.6 is 0 Å². The van der Waals surface area contributed by atoms with Gasteiger partial charge in [-0.1, -0.05) is 0 Å². The molecule has 2 aliphatic rings. The zero-order valence-corrected chi connectivity index (χ0v) is 23.7. The number of fused-ring (bicyclic) bond motifs is 1. The summed E-state index contributed by atoms with van der Waals surface area (Å²) < 4.78 is 21.7. The number of hydrogen-bond acceptors (Lipinski definition) is 9. The minimum Gasteiger partial charge on any atom is -0.493 e. The molecule has 2 N–H and O–H groups in total. The van der Waals surface area contributed by atoms with Gasteiger partial charge in [0.2, 0.25) is 0 Å². The molecule has 9 nitrogen and oxygen atoms in total. The number of aromatic nitrogens is 1. The smallest absolute Gasteiger partial charge is 0.308 e. The van der Waals surface area contributed by atoms with Crippen LogP contribution in [-0.4, -0.2) is 65.1 Å². The van der Waals surface area contributed by atoms with Gasteiger partial charge in [-0.3, -0.25) is 4.79 Å². The van der Waals surface area contributed by atoms with E-state index < -0.39 is 0 Å². The number of ether oxygens (including phenoxy) is 4. The number of esters is 1. The first-order valence-corrected chi connectivity index (χ1v) is 14.2. The molecule has 1 saturated heterocycles. The summed E-state index contributed by atoms with van der Waals surface area (Å²) in [6.45, 7) is 4.31. The van der Waals surface area contributed by atoms with Crippen LogP contribution in [0.5, 0.6) is 11.5 Å². The predicted octanol–water partition coefficient (Wildman–Crippen LogP) is 5.61. The van der Waals surface area contributed by atoms with Gasteiger partial charge in [-0.05, 0) is 68.4 Å². The molecule has 2 aromatic carbocycles. The lowest BCUT2D eigenvalue weighted by atomic mass is 9.82. The molecule has 0 spiro atoms. The van der Waals surface area contributed by atoms with Crippen LogP contribution in [0.25, 0.3) is 10.9 Å². The topological polar surface area (TPSA) is 94.2 Å². The number of methoxy groups -OCH3 is 3. The quantitative estimate of drug-likeness (QED) is 0.331. The van der Waals surface area contributed by atoms with Crippen molar-refractivity contribution in [2.75, 3.05) is 69.7 Å². The number of pyridine rings is 1. The number of nitrogens with one attached hydrogen (secondary N) is 2. The van der Waals surface area contributed by atoms with Crippen molar-refractivity contribution in [2.45, 2.75) is 32.1 Å². The third-order valence-corrected chi connectivity index (χ3v) is 8.00. The third-order valence-electron chi connectivity index (χ3n) is 8.00. The molecule has 5 rings (SSSR count). The highest BCUT2D eigenvalue weighted by Crippen LogP contribution is 2.37. The van der Waals surface area contributed by atoms with Gasteiger partial charge in [-0.2, -0.15) is 0 Å². The van der Waals surface area contributed by atoms with E-state index in [9.17, 15) is 4.79 Å². The number of benzene rings is 2. The van der Waals surface area contributed by atoms with E-state index >= 15 is 0 Å². The highest BCUT2D eigenvalue weighted by atomic mass is 16.5. The molecule has 1 aliphatic carbocycles. The van der Waals surface area contributed by atoms with E-state index in [1.165, 1.54) is 12.8 Å². The summed E-state index contributed by atoms with van der Waals surface area (Å²) in [7, 11) is 4.74. The van der Waals surface area contributed by atoms with Crippen LogP contribution < -0.4 is 25.0 Å². The van der Waals surface area contributed by atoms with Crippen molar-refractivity contribution in [1.29, 1.82) is 0 Å². The molecule has 214 valence electrons. The Labute approximate surface area is 236 Å². The second kappa shape index (κ2) is 13.1. The standard InChI is InChI=1S/C31H40N4O5/c1-37-28-17-25-26(32-20-21-5-7-22(8-6-21)31(36)39-3)19-30(34-27(25)18-29(28)38-2)33-23-9-11-24(12-10-23)35-13-4-15-40-16-14-35/h9-12,17-19,21-22H,4-8,13-16,20H2,1-3H3,(H2,32,33,34). The first-order valence-electron chi connectivity index (χ1n) is 14.2. The van der Waals surface area contributed by atoms with E-state index in [4.69, 9.17) is 23.9 Å². The fourth-order valence-corrected chi connectivity index (χ4v) is 5.69. The monoisotopic (exact) mass is 548 g/mol. The average Bonchev–Trinajstić information content (AvgIpc) is 3.29. The lowest BCUT2D eigenvalue weighted by molar-refractivity contribution is -0.146. The molecule has 0 atom stereocenters. The molecule has 2 fully saturated rings. The lowest BCUT2D eigenvalue weighted by Crippen LogP contribution is -2.26. The van der Waals surface area contributed by atoms with Crippen molar-refractivity contribution in [3.8, 4) is 11.5 Å². The molecule has 1 saturated carbocycles. The van der Waals surface area contributed by atoms with Crippen LogP contribution in [-0.2, 0) is 14.3 Å². The summed E-state index contributed by atoms with van der Waals surface area (Å²) in [4.78, 5) is 19.2. The minimum absolute atomic E-state index is 0.0228. The van der Waals surface area contributed by atoms with Gasteiger partial charge >= 0.3 is 5.97 Å². The minimum atomic E-state index is -0.0863. The Balaban J connectivity index is 1.35. The normalized spacial score (nSPS) is 19.5. The maximum Gasteiger partial charge on any atom is 0.308 e. The Morgan fingerprint density at radius 3 is 2.45 bits per heavy atom. The predicted molar refractivity (Wildman–Crippen MR) is 158 cm³/mol. The van der Waals surface area contributed by atoms with Gasteiger partial charge in [-0.15, -0.1) is 0 Å². The van der Waals surface area contributed by atoms with Gasteiger partial charge < -0.3 is 34.5 Å². The van der Waals surface area contributed by atoms with Crippen LogP contribution in [0, 0.1) is 11.8 Å². The molecular formula is C31H40N4O5. The Morgan fingerprint density at radius 1 is 0.975 bits per heavy atom. The van der Waals surface area contributed by atoms with E-state index in [1.54, 1.807) is 14.2 Å². The number of nitrogens with zero attached hydrogens (tertiary/aromatic N) is 2. The molecule has 40 heavy (non-hydrogen) atoms. The molecular weight excluding hydrogens is 508 g/mol. The van der Waals surface area contributed by atoms with Gasteiger partial charge in [0.1, 0.15) is 5.82 Å². The molecule has 0 radical (unpaired) electrons. The molecule has 3 aromatic rings. The fraction of sp³-hybridized carbons (Fsp3) is 0.484. The van der Waals surface area contributed by atoms with Gasteiger partial charge in [0.05, 0.1) is 39.4 Å². The third kappa shape index (κ3) is 6.53. The van der Waals surface area contributed by atoms with Crippen LogP contribution in [0.1, 0.15) is 32.1 Å². The summed E-state index contributed by atoms with van der Waals surface area (Å²) in [6.07, 6.45) is 4.77. The van der Waals surface area contributed by atoms with E-state index in [2.05, 4.69) is 39.8 Å². The van der Waals surface area contributed by atoms with Crippen molar-refractivity contribution in [3.05, 3.63) is 42.5 Å². The van der Waals surface area contributed by atoms with Crippen molar-refractivity contribution < 1.29 is 23.7 Å². The largest absolute Gasteiger partial charge is 0.493 e. The number of anilines is 4.